The first kappa shape index (κ1) is 11.4. The van der Waals surface area contributed by atoms with Crippen molar-refractivity contribution < 1.29 is 8.91 Å². The maximum atomic E-state index is 12.8. The number of nitrogens with one attached hydrogen (secondary N) is 1. The van der Waals surface area contributed by atoms with Gasteiger partial charge in [0.1, 0.15) is 11.6 Å². The molecule has 1 unspecified atom stereocenters. The molecule has 78 valence electrons. The molecular formula is C10H15FNOP. The highest BCUT2D eigenvalue weighted by Gasteiger charge is 2.05. The van der Waals surface area contributed by atoms with E-state index in [4.69, 9.17) is 4.52 Å². The van der Waals surface area contributed by atoms with Crippen molar-refractivity contribution in [2.45, 2.75) is 19.9 Å². The van der Waals surface area contributed by atoms with E-state index < -0.39 is 8.30 Å². The minimum absolute atomic E-state index is 0.268. The molecule has 14 heavy (non-hydrogen) atoms. The lowest BCUT2D eigenvalue weighted by molar-refractivity contribution is 0.571. The Kier molecular flexibility index (Phi) is 4.30. The molecule has 0 aliphatic heterocycles. The van der Waals surface area contributed by atoms with Gasteiger partial charge in [0.2, 0.25) is 0 Å². The van der Waals surface area contributed by atoms with Gasteiger partial charge in [-0.15, -0.1) is 0 Å². The Hall–Kier alpha value is -0.660. The van der Waals surface area contributed by atoms with Gasteiger partial charge >= 0.3 is 0 Å². The lowest BCUT2D eigenvalue weighted by Crippen LogP contribution is -2.18. The van der Waals surface area contributed by atoms with Crippen molar-refractivity contribution in [2.75, 3.05) is 6.66 Å². The molecule has 0 spiro atoms. The van der Waals surface area contributed by atoms with Crippen LogP contribution in [0.4, 0.5) is 4.39 Å². The van der Waals surface area contributed by atoms with E-state index in [0.29, 0.717) is 11.8 Å². The molecule has 0 aromatic heterocycles. The second-order valence-electron chi connectivity index (χ2n) is 3.33. The molecule has 1 rings (SSSR count). The Morgan fingerprint density at radius 1 is 1.43 bits per heavy atom. The fourth-order valence-electron chi connectivity index (χ4n) is 1.07. The van der Waals surface area contributed by atoms with Crippen LogP contribution in [0.15, 0.2) is 24.3 Å². The zero-order valence-electron chi connectivity index (χ0n) is 8.62. The zero-order chi connectivity index (χ0) is 10.6. The van der Waals surface area contributed by atoms with E-state index in [0.717, 1.165) is 0 Å². The summed E-state index contributed by atoms with van der Waals surface area (Å²) in [5.74, 6) is 0.308. The quantitative estimate of drug-likeness (QED) is 0.779. The third-order valence-electron chi connectivity index (χ3n) is 1.48. The summed E-state index contributed by atoms with van der Waals surface area (Å²) < 4.78 is 18.3. The van der Waals surface area contributed by atoms with E-state index in [-0.39, 0.29) is 5.82 Å². The Morgan fingerprint density at radius 2 is 2.14 bits per heavy atom. The van der Waals surface area contributed by atoms with Gasteiger partial charge in [0.15, 0.2) is 8.30 Å². The number of hydrogen-bond acceptors (Lipinski definition) is 2. The highest BCUT2D eigenvalue weighted by atomic mass is 31.2. The van der Waals surface area contributed by atoms with E-state index in [9.17, 15) is 4.39 Å². The van der Waals surface area contributed by atoms with Crippen LogP contribution < -0.4 is 9.61 Å². The van der Waals surface area contributed by atoms with Crippen molar-refractivity contribution in [1.82, 2.24) is 5.09 Å². The third kappa shape index (κ3) is 4.03. The van der Waals surface area contributed by atoms with Gasteiger partial charge in [-0.3, -0.25) is 5.09 Å². The lowest BCUT2D eigenvalue weighted by Gasteiger charge is -2.17. The van der Waals surface area contributed by atoms with Crippen molar-refractivity contribution in [1.29, 1.82) is 0 Å². The third-order valence-corrected chi connectivity index (χ3v) is 2.84. The van der Waals surface area contributed by atoms with Crippen LogP contribution in [0.25, 0.3) is 0 Å². The molecule has 0 amide bonds. The molecule has 1 N–H and O–H groups in total. The van der Waals surface area contributed by atoms with Crippen molar-refractivity contribution in [3.63, 3.8) is 0 Å². The predicted molar refractivity (Wildman–Crippen MR) is 58.1 cm³/mol. The Bertz CT molecular complexity index is 293. The van der Waals surface area contributed by atoms with Gasteiger partial charge in [0.05, 0.1) is 0 Å². The van der Waals surface area contributed by atoms with Crippen LogP contribution in [0.1, 0.15) is 13.8 Å². The Balaban J connectivity index is 2.51. The van der Waals surface area contributed by atoms with Gasteiger partial charge in [0.25, 0.3) is 0 Å². The number of hydrogen-bond donors (Lipinski definition) is 1. The molecule has 0 radical (unpaired) electrons. The van der Waals surface area contributed by atoms with Gasteiger partial charge in [-0.1, -0.05) is 6.07 Å². The average Bonchev–Trinajstić information content (AvgIpc) is 2.01. The van der Waals surface area contributed by atoms with Crippen molar-refractivity contribution >= 4 is 8.30 Å². The van der Waals surface area contributed by atoms with E-state index in [2.05, 4.69) is 5.09 Å². The van der Waals surface area contributed by atoms with E-state index >= 15 is 0 Å². The van der Waals surface area contributed by atoms with Crippen LogP contribution in [-0.2, 0) is 0 Å². The summed E-state index contributed by atoms with van der Waals surface area (Å²) in [5, 5.41) is 3.23. The van der Waals surface area contributed by atoms with Crippen molar-refractivity contribution in [3.05, 3.63) is 30.1 Å². The van der Waals surface area contributed by atoms with Gasteiger partial charge in [-0.25, -0.2) is 4.39 Å². The molecule has 0 saturated heterocycles. The second-order valence-corrected chi connectivity index (χ2v) is 4.77. The Labute approximate surface area is 85.4 Å². The van der Waals surface area contributed by atoms with Gasteiger partial charge < -0.3 is 4.52 Å². The summed E-state index contributed by atoms with van der Waals surface area (Å²) in [5.41, 5.74) is 0. The molecule has 0 heterocycles. The number of halogens is 1. The minimum Gasteiger partial charge on any atom is -0.458 e. The van der Waals surface area contributed by atoms with Crippen LogP contribution in [0.2, 0.25) is 0 Å². The van der Waals surface area contributed by atoms with Crippen LogP contribution in [0.5, 0.6) is 5.75 Å². The smallest absolute Gasteiger partial charge is 0.158 e. The van der Waals surface area contributed by atoms with E-state index in [1.807, 2.05) is 20.5 Å². The van der Waals surface area contributed by atoms with E-state index in [1.54, 1.807) is 12.1 Å². The fraction of sp³-hybridized carbons (Fsp3) is 0.400. The molecule has 0 aliphatic rings. The highest BCUT2D eigenvalue weighted by molar-refractivity contribution is 7.49. The van der Waals surface area contributed by atoms with Crippen LogP contribution in [0, 0.1) is 5.82 Å². The van der Waals surface area contributed by atoms with Gasteiger partial charge in [-0.05, 0) is 26.0 Å². The molecule has 0 fully saturated rings. The molecule has 0 aliphatic carbocycles. The molecule has 1 aromatic rings. The van der Waals surface area contributed by atoms with Crippen LogP contribution in [-0.4, -0.2) is 12.7 Å². The zero-order valence-corrected chi connectivity index (χ0v) is 9.51. The summed E-state index contributed by atoms with van der Waals surface area (Å²) in [6, 6.07) is 6.56. The molecular weight excluding hydrogens is 200 g/mol. The second kappa shape index (κ2) is 5.28. The predicted octanol–water partition coefficient (Wildman–Crippen LogP) is 3.14. The number of rotatable bonds is 4. The Morgan fingerprint density at radius 3 is 2.71 bits per heavy atom. The van der Waals surface area contributed by atoms with Crippen LogP contribution >= 0.6 is 8.30 Å². The minimum atomic E-state index is -0.725. The monoisotopic (exact) mass is 215 g/mol. The normalized spacial score (nSPS) is 12.9. The average molecular weight is 215 g/mol. The van der Waals surface area contributed by atoms with E-state index in [1.165, 1.54) is 12.1 Å². The maximum Gasteiger partial charge on any atom is 0.158 e. The first-order valence-corrected chi connectivity index (χ1v) is 6.22. The largest absolute Gasteiger partial charge is 0.458 e. The van der Waals surface area contributed by atoms with Gasteiger partial charge in [-0.2, -0.15) is 0 Å². The van der Waals surface area contributed by atoms with Crippen molar-refractivity contribution in [3.8, 4) is 5.75 Å². The SMILES string of the molecule is CC(C)NP(C)Oc1cccc(F)c1. The first-order chi connectivity index (χ1) is 6.58. The molecule has 0 bridgehead atoms. The topological polar surface area (TPSA) is 21.3 Å². The summed E-state index contributed by atoms with van der Waals surface area (Å²) >= 11 is 0. The standard InChI is InChI=1S/C10H15FNOP/c1-8(2)12-14(3)13-10-6-4-5-9(11)7-10/h4-8,12H,1-3H3. The molecule has 2 nitrogen and oxygen atoms in total. The molecule has 1 atom stereocenters. The lowest BCUT2D eigenvalue weighted by atomic mass is 10.3. The van der Waals surface area contributed by atoms with Crippen LogP contribution in [0.3, 0.4) is 0 Å². The summed E-state index contributed by atoms with van der Waals surface area (Å²) in [6.45, 7) is 6.06. The fourth-order valence-corrected chi connectivity index (χ4v) is 2.28. The maximum absolute atomic E-state index is 12.8. The number of benzene rings is 1. The molecule has 0 saturated carbocycles. The first-order valence-electron chi connectivity index (χ1n) is 4.51. The molecule has 4 heteroatoms. The van der Waals surface area contributed by atoms with Crippen molar-refractivity contribution in [2.24, 2.45) is 0 Å². The summed E-state index contributed by atoms with van der Waals surface area (Å²) in [6.07, 6.45) is 0. The summed E-state index contributed by atoms with van der Waals surface area (Å²) in [7, 11) is -0.725. The van der Waals surface area contributed by atoms with Gasteiger partial charge in [0, 0.05) is 18.8 Å². The molecule has 1 aromatic carbocycles. The summed E-state index contributed by atoms with van der Waals surface area (Å²) in [4.78, 5) is 0. The highest BCUT2D eigenvalue weighted by Crippen LogP contribution is 2.30.